The summed E-state index contributed by atoms with van der Waals surface area (Å²) in [6.07, 6.45) is 1.76. The number of nitrogens with one attached hydrogen (secondary N) is 1. The van der Waals surface area contributed by atoms with E-state index in [1.54, 1.807) is 4.90 Å². The summed E-state index contributed by atoms with van der Waals surface area (Å²) in [7, 11) is 0. The number of benzene rings is 1. The molecule has 2 fully saturated rings. The molecule has 0 aromatic heterocycles. The van der Waals surface area contributed by atoms with Gasteiger partial charge in [-0.15, -0.1) is 0 Å². The van der Waals surface area contributed by atoms with Gasteiger partial charge in [0, 0.05) is 31.6 Å². The highest BCUT2D eigenvalue weighted by atomic mass is 16.2. The molecule has 144 valence electrons. The summed E-state index contributed by atoms with van der Waals surface area (Å²) in [5, 5.41) is 2.34. The van der Waals surface area contributed by atoms with Crippen LogP contribution in [0.3, 0.4) is 0 Å². The van der Waals surface area contributed by atoms with Crippen molar-refractivity contribution in [1.29, 1.82) is 0 Å². The van der Waals surface area contributed by atoms with Crippen molar-refractivity contribution in [3.8, 4) is 0 Å². The first-order valence-corrected chi connectivity index (χ1v) is 9.57. The van der Waals surface area contributed by atoms with Crippen LogP contribution in [0.5, 0.6) is 0 Å². The van der Waals surface area contributed by atoms with Crippen molar-refractivity contribution in [2.24, 2.45) is 11.1 Å². The maximum absolute atomic E-state index is 12.9. The number of amides is 3. The van der Waals surface area contributed by atoms with Crippen LogP contribution in [-0.4, -0.2) is 53.2 Å². The number of imide groups is 1. The molecule has 0 radical (unpaired) electrons. The molecular formula is C20H26N4O3. The van der Waals surface area contributed by atoms with E-state index in [9.17, 15) is 14.4 Å². The molecule has 2 unspecified atom stereocenters. The quantitative estimate of drug-likeness (QED) is 0.758. The molecule has 2 saturated heterocycles. The largest absolute Gasteiger partial charge is 0.330 e. The fraction of sp³-hybridized carbons (Fsp3) is 0.550. The molecule has 0 spiro atoms. The molecule has 7 heteroatoms. The van der Waals surface area contributed by atoms with Gasteiger partial charge in [0.05, 0.1) is 0 Å². The lowest BCUT2D eigenvalue weighted by Crippen LogP contribution is -2.52. The number of carbonyl (C=O) groups is 3. The number of carbonyl (C=O) groups excluding carboxylic acids is 3. The zero-order valence-corrected chi connectivity index (χ0v) is 15.7. The predicted octanol–water partition coefficient (Wildman–Crippen LogP) is 0.618. The number of hydrogen-bond acceptors (Lipinski definition) is 5. The van der Waals surface area contributed by atoms with E-state index in [-0.39, 0.29) is 29.6 Å². The Morgan fingerprint density at radius 1 is 1.30 bits per heavy atom. The van der Waals surface area contributed by atoms with E-state index in [1.807, 2.05) is 12.1 Å². The average Bonchev–Trinajstić information content (AvgIpc) is 3.17. The number of rotatable bonds is 4. The lowest BCUT2D eigenvalue weighted by molar-refractivity contribution is -0.136. The Labute approximate surface area is 158 Å². The van der Waals surface area contributed by atoms with Crippen molar-refractivity contribution in [2.45, 2.75) is 45.3 Å². The Balaban J connectivity index is 1.47. The summed E-state index contributed by atoms with van der Waals surface area (Å²) < 4.78 is 0. The minimum absolute atomic E-state index is 0.116. The van der Waals surface area contributed by atoms with Crippen LogP contribution in [0.15, 0.2) is 18.2 Å². The van der Waals surface area contributed by atoms with Gasteiger partial charge in [-0.05, 0) is 48.5 Å². The molecule has 1 aromatic carbocycles. The smallest absolute Gasteiger partial charge is 0.255 e. The maximum Gasteiger partial charge on any atom is 0.255 e. The SMILES string of the molecule is CC1(CN)CCN(Cc2ccc3c(c2)C(=O)N(C2CCC(=O)NC2=O)C3)C1. The van der Waals surface area contributed by atoms with Crippen molar-refractivity contribution >= 4 is 17.7 Å². The average molecular weight is 370 g/mol. The maximum atomic E-state index is 12.9. The van der Waals surface area contributed by atoms with Crippen molar-refractivity contribution in [3.05, 3.63) is 34.9 Å². The van der Waals surface area contributed by atoms with Gasteiger partial charge in [0.25, 0.3) is 5.91 Å². The summed E-state index contributed by atoms with van der Waals surface area (Å²) in [5.74, 6) is -0.752. The normalized spacial score (nSPS) is 28.6. The molecule has 1 aromatic rings. The van der Waals surface area contributed by atoms with E-state index in [1.165, 1.54) is 0 Å². The number of nitrogens with two attached hydrogens (primary N) is 1. The Morgan fingerprint density at radius 3 is 2.81 bits per heavy atom. The monoisotopic (exact) mass is 370 g/mol. The number of nitrogens with zero attached hydrogens (tertiary/aromatic N) is 2. The van der Waals surface area contributed by atoms with Crippen LogP contribution in [0, 0.1) is 5.41 Å². The third-order valence-electron chi connectivity index (χ3n) is 6.13. The molecule has 0 aliphatic carbocycles. The Bertz CT molecular complexity index is 808. The summed E-state index contributed by atoms with van der Waals surface area (Å²) in [4.78, 5) is 40.4. The first kappa shape index (κ1) is 18.1. The topological polar surface area (TPSA) is 95.7 Å². The van der Waals surface area contributed by atoms with Gasteiger partial charge in [-0.1, -0.05) is 19.1 Å². The zero-order valence-electron chi connectivity index (χ0n) is 15.7. The Hall–Kier alpha value is -2.25. The van der Waals surface area contributed by atoms with E-state index in [0.717, 1.165) is 37.2 Å². The number of likely N-dealkylation sites (tertiary alicyclic amines) is 1. The van der Waals surface area contributed by atoms with Gasteiger partial charge in [-0.2, -0.15) is 0 Å². The van der Waals surface area contributed by atoms with Crippen LogP contribution in [0.2, 0.25) is 0 Å². The second-order valence-electron chi connectivity index (χ2n) is 8.37. The van der Waals surface area contributed by atoms with Gasteiger partial charge in [0.1, 0.15) is 6.04 Å². The fourth-order valence-corrected chi connectivity index (χ4v) is 4.39. The van der Waals surface area contributed by atoms with E-state index >= 15 is 0 Å². The molecule has 3 N–H and O–H groups in total. The highest BCUT2D eigenvalue weighted by molar-refractivity contribution is 6.05. The first-order valence-electron chi connectivity index (χ1n) is 9.57. The van der Waals surface area contributed by atoms with Crippen LogP contribution >= 0.6 is 0 Å². The lowest BCUT2D eigenvalue weighted by atomic mass is 9.90. The van der Waals surface area contributed by atoms with E-state index < -0.39 is 6.04 Å². The zero-order chi connectivity index (χ0) is 19.2. The molecule has 3 amide bonds. The fourth-order valence-electron chi connectivity index (χ4n) is 4.39. The van der Waals surface area contributed by atoms with Crippen LogP contribution in [0.1, 0.15) is 47.7 Å². The molecule has 27 heavy (non-hydrogen) atoms. The van der Waals surface area contributed by atoms with Crippen molar-refractivity contribution in [1.82, 2.24) is 15.1 Å². The summed E-state index contributed by atoms with van der Waals surface area (Å²) in [6.45, 7) is 6.12. The third-order valence-corrected chi connectivity index (χ3v) is 6.13. The predicted molar refractivity (Wildman–Crippen MR) is 99.5 cm³/mol. The third kappa shape index (κ3) is 3.37. The van der Waals surface area contributed by atoms with Gasteiger partial charge in [-0.25, -0.2) is 0 Å². The minimum Gasteiger partial charge on any atom is -0.330 e. The minimum atomic E-state index is -0.560. The van der Waals surface area contributed by atoms with Gasteiger partial charge in [0.15, 0.2) is 0 Å². The Kier molecular flexibility index (Phi) is 4.52. The first-order chi connectivity index (χ1) is 12.9. The lowest BCUT2D eigenvalue weighted by Gasteiger charge is -2.29. The number of hydrogen-bond donors (Lipinski definition) is 2. The van der Waals surface area contributed by atoms with E-state index in [0.29, 0.717) is 25.1 Å². The second kappa shape index (κ2) is 6.73. The van der Waals surface area contributed by atoms with Gasteiger partial charge >= 0.3 is 0 Å². The standard InChI is InChI=1S/C20H26N4O3/c1-20(11-21)6-7-23(12-20)9-13-2-3-14-10-24(19(27)15(14)8-13)16-4-5-17(25)22-18(16)26/h2-3,8,16H,4-7,9-12,21H2,1H3,(H,22,25,26). The van der Waals surface area contributed by atoms with Crippen LogP contribution < -0.4 is 11.1 Å². The molecular weight excluding hydrogens is 344 g/mol. The molecule has 3 aliphatic heterocycles. The van der Waals surface area contributed by atoms with Gasteiger partial charge < -0.3 is 10.6 Å². The second-order valence-corrected chi connectivity index (χ2v) is 8.37. The molecule has 3 aliphatic rings. The number of piperidine rings is 1. The summed E-state index contributed by atoms with van der Waals surface area (Å²) in [6, 6.07) is 5.46. The molecule has 0 bridgehead atoms. The number of fused-ring (bicyclic) bond motifs is 1. The Morgan fingerprint density at radius 2 is 2.11 bits per heavy atom. The van der Waals surface area contributed by atoms with Crippen molar-refractivity contribution < 1.29 is 14.4 Å². The molecule has 3 heterocycles. The van der Waals surface area contributed by atoms with Crippen LogP contribution in [-0.2, 0) is 22.7 Å². The molecule has 2 atom stereocenters. The van der Waals surface area contributed by atoms with E-state index in [2.05, 4.69) is 23.2 Å². The summed E-state index contributed by atoms with van der Waals surface area (Å²) >= 11 is 0. The molecule has 7 nitrogen and oxygen atoms in total. The van der Waals surface area contributed by atoms with Crippen molar-refractivity contribution in [3.63, 3.8) is 0 Å². The van der Waals surface area contributed by atoms with E-state index in [4.69, 9.17) is 5.73 Å². The van der Waals surface area contributed by atoms with Gasteiger partial charge in [-0.3, -0.25) is 24.6 Å². The highest BCUT2D eigenvalue weighted by Crippen LogP contribution is 2.31. The highest BCUT2D eigenvalue weighted by Gasteiger charge is 2.39. The van der Waals surface area contributed by atoms with Crippen molar-refractivity contribution in [2.75, 3.05) is 19.6 Å². The summed E-state index contributed by atoms with van der Waals surface area (Å²) in [5.41, 5.74) is 8.80. The van der Waals surface area contributed by atoms with Crippen LogP contribution in [0.4, 0.5) is 0 Å². The van der Waals surface area contributed by atoms with Gasteiger partial charge in [0.2, 0.25) is 11.8 Å². The molecule has 0 saturated carbocycles. The van der Waals surface area contributed by atoms with Crippen LogP contribution in [0.25, 0.3) is 0 Å². The molecule has 4 rings (SSSR count).